The molecule has 0 saturated heterocycles. The average Bonchev–Trinajstić information content (AvgIpc) is 3.03. The van der Waals surface area contributed by atoms with Crippen LogP contribution in [0.1, 0.15) is 179 Å². The summed E-state index contributed by atoms with van der Waals surface area (Å²) >= 11 is 0. The number of hydrogen-bond acceptors (Lipinski definition) is 2. The Bertz CT molecular complexity index is 891. The molecule has 1 aromatic rings. The van der Waals surface area contributed by atoms with Crippen molar-refractivity contribution in [1.82, 2.24) is 0 Å². The van der Waals surface area contributed by atoms with E-state index < -0.39 is 0 Å². The standard InChI is InChI=1S/C42H70O2/c1-3-5-7-9-11-13-15-17-19-21-23-25-27-29-31-33-35-39-37-38-41(43)42(44)40(39)36-34-32-30-28-26-24-22-20-18-16-14-12-10-8-6-4-2/h6,8,12,14,17-20,37-38,43-44H,3-5,7,9-11,13,15-16,21-36H2,1-2H3. The average molecular weight is 607 g/mol. The second-order valence-corrected chi connectivity index (χ2v) is 12.7. The van der Waals surface area contributed by atoms with Crippen LogP contribution < -0.4 is 0 Å². The van der Waals surface area contributed by atoms with Crippen LogP contribution in [0.3, 0.4) is 0 Å². The minimum atomic E-state index is 0.0293. The molecule has 0 radical (unpaired) electrons. The molecule has 0 aromatic heterocycles. The minimum absolute atomic E-state index is 0.0293. The van der Waals surface area contributed by atoms with E-state index in [0.29, 0.717) is 0 Å². The van der Waals surface area contributed by atoms with Crippen molar-refractivity contribution in [2.75, 3.05) is 0 Å². The topological polar surface area (TPSA) is 40.5 Å². The van der Waals surface area contributed by atoms with Gasteiger partial charge in [0, 0.05) is 5.56 Å². The first kappa shape index (κ1) is 39.8. The van der Waals surface area contributed by atoms with E-state index in [1.165, 1.54) is 128 Å². The molecule has 2 heteroatoms. The summed E-state index contributed by atoms with van der Waals surface area (Å²) in [6, 6.07) is 3.71. The lowest BCUT2D eigenvalue weighted by atomic mass is 9.95. The van der Waals surface area contributed by atoms with Gasteiger partial charge in [-0.25, -0.2) is 0 Å². The zero-order valence-electron chi connectivity index (χ0n) is 29.1. The third kappa shape index (κ3) is 23.2. The number of phenols is 2. The van der Waals surface area contributed by atoms with Gasteiger partial charge in [0.1, 0.15) is 0 Å². The number of benzene rings is 1. The first-order chi connectivity index (χ1) is 21.7. The lowest BCUT2D eigenvalue weighted by Crippen LogP contribution is -1.97. The molecule has 0 aliphatic rings. The summed E-state index contributed by atoms with van der Waals surface area (Å²) < 4.78 is 0. The van der Waals surface area contributed by atoms with Crippen LogP contribution in [0.25, 0.3) is 0 Å². The van der Waals surface area contributed by atoms with Gasteiger partial charge in [-0.2, -0.15) is 0 Å². The van der Waals surface area contributed by atoms with Crippen LogP contribution in [0.5, 0.6) is 11.5 Å². The van der Waals surface area contributed by atoms with E-state index in [4.69, 9.17) is 0 Å². The van der Waals surface area contributed by atoms with Crippen LogP contribution in [0.4, 0.5) is 0 Å². The highest BCUT2D eigenvalue weighted by molar-refractivity contribution is 5.49. The fourth-order valence-electron chi connectivity index (χ4n) is 5.84. The molecule has 1 rings (SSSR count). The van der Waals surface area contributed by atoms with Gasteiger partial charge >= 0.3 is 0 Å². The Labute approximate surface area is 273 Å². The predicted octanol–water partition coefficient (Wildman–Crippen LogP) is 13.8. The molecule has 44 heavy (non-hydrogen) atoms. The Kier molecular flexibility index (Phi) is 27.9. The summed E-state index contributed by atoms with van der Waals surface area (Å²) in [5, 5.41) is 20.7. The van der Waals surface area contributed by atoms with E-state index in [2.05, 4.69) is 62.5 Å². The van der Waals surface area contributed by atoms with Crippen LogP contribution >= 0.6 is 0 Å². The summed E-state index contributed by atoms with van der Waals surface area (Å²) in [5.74, 6) is 0.146. The molecule has 250 valence electrons. The first-order valence-corrected chi connectivity index (χ1v) is 18.8. The highest BCUT2D eigenvalue weighted by Crippen LogP contribution is 2.33. The maximum absolute atomic E-state index is 10.6. The molecule has 0 unspecified atom stereocenters. The van der Waals surface area contributed by atoms with E-state index >= 15 is 0 Å². The zero-order valence-corrected chi connectivity index (χ0v) is 29.1. The van der Waals surface area contributed by atoms with Gasteiger partial charge in [-0.3, -0.25) is 0 Å². The SMILES string of the molecule is CCC=CCC=CCC=CCCCCCCCCc1c(CCCCCCCCC=CCCCCCCCC)ccc(O)c1O. The molecule has 0 atom stereocenters. The number of phenolic OH excluding ortho intramolecular Hbond substituents is 2. The van der Waals surface area contributed by atoms with Crippen LogP contribution in [0, 0.1) is 0 Å². The lowest BCUT2D eigenvalue weighted by Gasteiger charge is -2.13. The van der Waals surface area contributed by atoms with Crippen LogP contribution in [-0.4, -0.2) is 10.2 Å². The normalized spacial score (nSPS) is 12.2. The number of allylic oxidation sites excluding steroid dienone is 8. The Morgan fingerprint density at radius 1 is 0.455 bits per heavy atom. The molecule has 0 bridgehead atoms. The molecule has 1 aromatic carbocycles. The smallest absolute Gasteiger partial charge is 0.160 e. The van der Waals surface area contributed by atoms with E-state index in [-0.39, 0.29) is 11.5 Å². The molecule has 0 aliphatic heterocycles. The molecule has 0 heterocycles. The van der Waals surface area contributed by atoms with Gasteiger partial charge in [0.25, 0.3) is 0 Å². The Balaban J connectivity index is 2.09. The van der Waals surface area contributed by atoms with Crippen LogP contribution in [0.15, 0.2) is 60.7 Å². The number of hydrogen-bond donors (Lipinski definition) is 2. The maximum atomic E-state index is 10.6. The lowest BCUT2D eigenvalue weighted by molar-refractivity contribution is 0.397. The largest absolute Gasteiger partial charge is 0.504 e. The fraction of sp³-hybridized carbons (Fsp3) is 0.667. The van der Waals surface area contributed by atoms with Crippen molar-refractivity contribution in [3.8, 4) is 11.5 Å². The quantitative estimate of drug-likeness (QED) is 0.0519. The van der Waals surface area contributed by atoms with Gasteiger partial charge in [0.05, 0.1) is 0 Å². The second kappa shape index (κ2) is 30.8. The summed E-state index contributed by atoms with van der Waals surface area (Å²) in [7, 11) is 0. The van der Waals surface area contributed by atoms with Crippen molar-refractivity contribution in [2.45, 2.75) is 181 Å². The number of rotatable bonds is 30. The Morgan fingerprint density at radius 2 is 0.886 bits per heavy atom. The maximum Gasteiger partial charge on any atom is 0.160 e. The van der Waals surface area contributed by atoms with Gasteiger partial charge in [-0.15, -0.1) is 0 Å². The number of aromatic hydroxyl groups is 2. The van der Waals surface area contributed by atoms with Crippen molar-refractivity contribution >= 4 is 0 Å². The van der Waals surface area contributed by atoms with Gasteiger partial charge < -0.3 is 10.2 Å². The van der Waals surface area contributed by atoms with Crippen molar-refractivity contribution in [3.05, 3.63) is 71.9 Å². The molecule has 2 nitrogen and oxygen atoms in total. The number of aryl methyl sites for hydroxylation is 1. The van der Waals surface area contributed by atoms with E-state index in [1.807, 2.05) is 6.07 Å². The third-order valence-electron chi connectivity index (χ3n) is 8.64. The third-order valence-corrected chi connectivity index (χ3v) is 8.64. The molecule has 0 saturated carbocycles. The van der Waals surface area contributed by atoms with E-state index in [9.17, 15) is 10.2 Å². The van der Waals surface area contributed by atoms with Crippen LogP contribution in [-0.2, 0) is 12.8 Å². The fourth-order valence-corrected chi connectivity index (χ4v) is 5.84. The molecule has 0 fully saturated rings. The van der Waals surface area contributed by atoms with Gasteiger partial charge in [0.2, 0.25) is 0 Å². The van der Waals surface area contributed by atoms with Crippen molar-refractivity contribution < 1.29 is 10.2 Å². The predicted molar refractivity (Wildman–Crippen MR) is 196 cm³/mol. The van der Waals surface area contributed by atoms with E-state index in [1.54, 1.807) is 6.07 Å². The van der Waals surface area contributed by atoms with Gasteiger partial charge in [0.15, 0.2) is 11.5 Å². The van der Waals surface area contributed by atoms with Crippen molar-refractivity contribution in [3.63, 3.8) is 0 Å². The Morgan fingerprint density at radius 3 is 1.43 bits per heavy atom. The first-order valence-electron chi connectivity index (χ1n) is 18.8. The molecule has 0 spiro atoms. The highest BCUT2D eigenvalue weighted by Gasteiger charge is 2.12. The summed E-state index contributed by atoms with van der Waals surface area (Å²) in [6.07, 6.45) is 50.5. The van der Waals surface area contributed by atoms with Crippen molar-refractivity contribution in [2.24, 2.45) is 0 Å². The van der Waals surface area contributed by atoms with Crippen LogP contribution in [0.2, 0.25) is 0 Å². The minimum Gasteiger partial charge on any atom is -0.504 e. The van der Waals surface area contributed by atoms with E-state index in [0.717, 1.165) is 50.5 Å². The van der Waals surface area contributed by atoms with Crippen molar-refractivity contribution in [1.29, 1.82) is 0 Å². The molecule has 0 aliphatic carbocycles. The Hall–Kier alpha value is -2.22. The highest BCUT2D eigenvalue weighted by atomic mass is 16.3. The molecule has 0 amide bonds. The summed E-state index contributed by atoms with van der Waals surface area (Å²) in [5.41, 5.74) is 2.22. The molecular weight excluding hydrogens is 536 g/mol. The molecular formula is C42H70O2. The monoisotopic (exact) mass is 607 g/mol. The summed E-state index contributed by atoms with van der Waals surface area (Å²) in [4.78, 5) is 0. The van der Waals surface area contributed by atoms with Gasteiger partial charge in [-0.05, 0) is 95.1 Å². The summed E-state index contributed by atoms with van der Waals surface area (Å²) in [6.45, 7) is 4.45. The van der Waals surface area contributed by atoms with Gasteiger partial charge in [-0.1, -0.05) is 152 Å². The molecule has 2 N–H and O–H groups in total. The number of unbranched alkanes of at least 4 members (excludes halogenated alkanes) is 18. The zero-order chi connectivity index (χ0) is 31.8. The second-order valence-electron chi connectivity index (χ2n) is 12.7.